The predicted molar refractivity (Wildman–Crippen MR) is 133 cm³/mol. The molecule has 10 heteroatoms. The van der Waals surface area contributed by atoms with Crippen LogP contribution in [0.25, 0.3) is 0 Å². The molecule has 5 rings (SSSR count). The molecule has 0 unspecified atom stereocenters. The van der Waals surface area contributed by atoms with Crippen LogP contribution in [-0.2, 0) is 19.8 Å². The quantitative estimate of drug-likeness (QED) is 0.397. The number of nitrogens with zero attached hydrogens (tertiary/aromatic N) is 5. The molecule has 2 aliphatic rings. The number of para-hydroxylation sites is 1. The highest BCUT2D eigenvalue weighted by molar-refractivity contribution is 5.95. The van der Waals surface area contributed by atoms with E-state index in [9.17, 15) is 22.4 Å². The van der Waals surface area contributed by atoms with Gasteiger partial charge in [0, 0.05) is 32.4 Å². The second-order valence-corrected chi connectivity index (χ2v) is 9.80. The summed E-state index contributed by atoms with van der Waals surface area (Å²) in [6.45, 7) is 4.69. The van der Waals surface area contributed by atoms with Gasteiger partial charge in [0.2, 0.25) is 0 Å². The Kier molecular flexibility index (Phi) is 6.37. The summed E-state index contributed by atoms with van der Waals surface area (Å²) in [6.07, 6.45) is -1.63. The Hall–Kier alpha value is -3.56. The fraction of sp³-hybridized carbons (Fsp3) is 0.407. The van der Waals surface area contributed by atoms with Gasteiger partial charge in [-0.05, 0) is 49.9 Å². The first kappa shape index (κ1) is 25.1. The third-order valence-electron chi connectivity index (χ3n) is 7.41. The van der Waals surface area contributed by atoms with Gasteiger partial charge in [0.15, 0.2) is 0 Å². The number of halogens is 4. The third-order valence-corrected chi connectivity index (χ3v) is 7.41. The predicted octanol–water partition coefficient (Wildman–Crippen LogP) is 6.06. The first-order valence-electron chi connectivity index (χ1n) is 12.3. The number of anilines is 2. The van der Waals surface area contributed by atoms with E-state index >= 15 is 0 Å². The number of piperidine rings is 1. The number of carbonyl (C=O) groups is 1. The third kappa shape index (κ3) is 4.53. The minimum Gasteiger partial charge on any atom is -0.369 e. The maximum absolute atomic E-state index is 14.5. The summed E-state index contributed by atoms with van der Waals surface area (Å²) in [5.74, 6) is -0.270. The number of aromatic nitrogens is 2. The standard InChI is InChI=1S/C27H29F4N5O/c1-17-7-6-10-22(28)25(17)34-13-11-20(12-14-34)36-18(2)24-23(16-33(3)32-24)35(26(36)37)15-19-8-4-5-9-21(19)27(29,30)31/h4-10,16,18,20H,11-15H2,1-3H3/t18-/m0/s1. The molecule has 0 aliphatic carbocycles. The molecular weight excluding hydrogens is 486 g/mol. The van der Waals surface area contributed by atoms with Crippen LogP contribution in [0.1, 0.15) is 48.2 Å². The molecule has 37 heavy (non-hydrogen) atoms. The Labute approximate surface area is 213 Å². The van der Waals surface area contributed by atoms with Gasteiger partial charge in [-0.3, -0.25) is 9.58 Å². The maximum atomic E-state index is 14.5. The van der Waals surface area contributed by atoms with Gasteiger partial charge in [-0.1, -0.05) is 30.3 Å². The number of fused-ring (bicyclic) bond motifs is 1. The highest BCUT2D eigenvalue weighted by Gasteiger charge is 2.43. The van der Waals surface area contributed by atoms with Crippen LogP contribution in [-0.4, -0.2) is 39.8 Å². The molecule has 1 atom stereocenters. The Balaban J connectivity index is 1.43. The molecule has 0 N–H and O–H groups in total. The highest BCUT2D eigenvalue weighted by Crippen LogP contribution is 2.41. The van der Waals surface area contributed by atoms with Crippen LogP contribution in [0, 0.1) is 12.7 Å². The van der Waals surface area contributed by atoms with E-state index in [1.54, 1.807) is 35.0 Å². The number of benzene rings is 2. The zero-order valence-electron chi connectivity index (χ0n) is 21.0. The van der Waals surface area contributed by atoms with Crippen molar-refractivity contribution < 1.29 is 22.4 Å². The van der Waals surface area contributed by atoms with E-state index in [2.05, 4.69) is 5.10 Å². The zero-order chi connectivity index (χ0) is 26.5. The minimum absolute atomic E-state index is 0.0255. The van der Waals surface area contributed by atoms with Gasteiger partial charge in [0.05, 0.1) is 29.5 Å². The van der Waals surface area contributed by atoms with Crippen molar-refractivity contribution in [1.82, 2.24) is 14.7 Å². The molecule has 0 radical (unpaired) electrons. The summed E-state index contributed by atoms with van der Waals surface area (Å²) in [4.78, 5) is 19.0. The number of aryl methyl sites for hydroxylation is 2. The summed E-state index contributed by atoms with van der Waals surface area (Å²) in [5, 5.41) is 4.56. The van der Waals surface area contributed by atoms with E-state index in [4.69, 9.17) is 0 Å². The van der Waals surface area contributed by atoms with Crippen molar-refractivity contribution in [2.24, 2.45) is 7.05 Å². The van der Waals surface area contributed by atoms with Crippen molar-refractivity contribution in [2.75, 3.05) is 22.9 Å². The maximum Gasteiger partial charge on any atom is 0.416 e. The number of hydrogen-bond donors (Lipinski definition) is 0. The lowest BCUT2D eigenvalue weighted by molar-refractivity contribution is -0.138. The van der Waals surface area contributed by atoms with Crippen molar-refractivity contribution >= 4 is 17.4 Å². The van der Waals surface area contributed by atoms with Gasteiger partial charge in [0.25, 0.3) is 0 Å². The summed E-state index contributed by atoms with van der Waals surface area (Å²) in [7, 11) is 1.73. The van der Waals surface area contributed by atoms with Gasteiger partial charge >= 0.3 is 12.2 Å². The number of hydrogen-bond acceptors (Lipinski definition) is 3. The molecule has 3 aromatic rings. The fourth-order valence-corrected chi connectivity index (χ4v) is 5.66. The molecule has 6 nitrogen and oxygen atoms in total. The van der Waals surface area contributed by atoms with E-state index < -0.39 is 11.7 Å². The zero-order valence-corrected chi connectivity index (χ0v) is 21.0. The molecule has 2 amide bonds. The Morgan fingerprint density at radius 3 is 2.43 bits per heavy atom. The van der Waals surface area contributed by atoms with Crippen molar-refractivity contribution in [3.8, 4) is 0 Å². The van der Waals surface area contributed by atoms with Crippen molar-refractivity contribution in [2.45, 2.75) is 51.5 Å². The SMILES string of the molecule is Cc1cccc(F)c1N1CCC(N2C(=O)N(Cc3ccccc3C(F)(F)F)c3cn(C)nc3[C@@H]2C)CC1. The van der Waals surface area contributed by atoms with E-state index in [1.165, 1.54) is 23.1 Å². The van der Waals surface area contributed by atoms with Crippen LogP contribution < -0.4 is 9.80 Å². The fourth-order valence-electron chi connectivity index (χ4n) is 5.66. The summed E-state index contributed by atoms with van der Waals surface area (Å²) >= 11 is 0. The lowest BCUT2D eigenvalue weighted by Gasteiger charge is -2.46. The molecule has 1 fully saturated rings. The molecule has 1 saturated heterocycles. The Morgan fingerprint density at radius 2 is 1.76 bits per heavy atom. The number of urea groups is 1. The summed E-state index contributed by atoms with van der Waals surface area (Å²) in [6, 6.07) is 9.51. The lowest BCUT2D eigenvalue weighted by Crippen LogP contribution is -2.55. The molecule has 0 spiro atoms. The molecule has 1 aromatic heterocycles. The average molecular weight is 516 g/mol. The lowest BCUT2D eigenvalue weighted by atomic mass is 9.97. The minimum atomic E-state index is -4.53. The van der Waals surface area contributed by atoms with Gasteiger partial charge in [-0.2, -0.15) is 18.3 Å². The van der Waals surface area contributed by atoms with Gasteiger partial charge < -0.3 is 9.80 Å². The topological polar surface area (TPSA) is 44.6 Å². The second kappa shape index (κ2) is 9.39. The normalized spacial score (nSPS) is 18.9. The average Bonchev–Trinajstić information content (AvgIpc) is 3.24. The van der Waals surface area contributed by atoms with Crippen LogP contribution in [0.4, 0.5) is 33.7 Å². The van der Waals surface area contributed by atoms with Gasteiger partial charge in [-0.15, -0.1) is 0 Å². The highest BCUT2D eigenvalue weighted by atomic mass is 19.4. The van der Waals surface area contributed by atoms with Crippen LogP contribution >= 0.6 is 0 Å². The Bertz CT molecular complexity index is 1290. The summed E-state index contributed by atoms with van der Waals surface area (Å²) < 4.78 is 57.2. The molecule has 0 saturated carbocycles. The molecule has 2 aromatic carbocycles. The van der Waals surface area contributed by atoms with Crippen LogP contribution in [0.5, 0.6) is 0 Å². The Morgan fingerprint density at radius 1 is 1.05 bits per heavy atom. The smallest absolute Gasteiger partial charge is 0.369 e. The summed E-state index contributed by atoms with van der Waals surface area (Å²) in [5.41, 5.74) is 1.88. The first-order valence-corrected chi connectivity index (χ1v) is 12.3. The number of rotatable bonds is 4. The number of amides is 2. The molecule has 196 valence electrons. The van der Waals surface area contributed by atoms with Crippen molar-refractivity contribution in [1.29, 1.82) is 0 Å². The van der Waals surface area contributed by atoms with E-state index in [-0.39, 0.29) is 36.0 Å². The molecule has 3 heterocycles. The first-order chi connectivity index (χ1) is 17.6. The van der Waals surface area contributed by atoms with Crippen molar-refractivity contribution in [3.05, 3.63) is 76.9 Å². The van der Waals surface area contributed by atoms with Crippen LogP contribution in [0.3, 0.4) is 0 Å². The monoisotopic (exact) mass is 515 g/mol. The van der Waals surface area contributed by atoms with Crippen LogP contribution in [0.15, 0.2) is 48.7 Å². The van der Waals surface area contributed by atoms with Gasteiger partial charge in [0.1, 0.15) is 11.5 Å². The van der Waals surface area contributed by atoms with Crippen LogP contribution in [0.2, 0.25) is 0 Å². The van der Waals surface area contributed by atoms with E-state index in [1.807, 2.05) is 24.8 Å². The number of alkyl halides is 3. The molecule has 0 bridgehead atoms. The largest absolute Gasteiger partial charge is 0.416 e. The second-order valence-electron chi connectivity index (χ2n) is 9.80. The van der Waals surface area contributed by atoms with Crippen molar-refractivity contribution in [3.63, 3.8) is 0 Å². The van der Waals surface area contributed by atoms with Gasteiger partial charge in [-0.25, -0.2) is 9.18 Å². The molecular formula is C27H29F4N5O. The number of carbonyl (C=O) groups excluding carboxylic acids is 1. The van der Waals surface area contributed by atoms with E-state index in [0.29, 0.717) is 43.0 Å². The van der Waals surface area contributed by atoms with E-state index in [0.717, 1.165) is 11.6 Å². The molecule has 2 aliphatic heterocycles.